The molecular weight excluding hydrogens is 383 g/mol. The van der Waals surface area contributed by atoms with Gasteiger partial charge in [0, 0.05) is 29.2 Å². The smallest absolute Gasteiger partial charge is 0.414 e. The minimum absolute atomic E-state index is 0.00315. The molecule has 0 radical (unpaired) electrons. The van der Waals surface area contributed by atoms with Crippen molar-refractivity contribution in [3.63, 3.8) is 0 Å². The number of hydrogen-bond acceptors (Lipinski definition) is 2. The van der Waals surface area contributed by atoms with Gasteiger partial charge in [0.1, 0.15) is 5.75 Å². The highest BCUT2D eigenvalue weighted by atomic mass is 19.4. The molecule has 8 heteroatoms. The topological polar surface area (TPSA) is 57.4 Å². The fourth-order valence-corrected chi connectivity index (χ4v) is 3.89. The van der Waals surface area contributed by atoms with Crippen LogP contribution >= 0.6 is 0 Å². The van der Waals surface area contributed by atoms with Crippen LogP contribution in [0.2, 0.25) is 0 Å². The Morgan fingerprint density at radius 1 is 1.21 bits per heavy atom. The Morgan fingerprint density at radius 2 is 2.00 bits per heavy atom. The number of halogens is 3. The summed E-state index contributed by atoms with van der Waals surface area (Å²) >= 11 is 0. The van der Waals surface area contributed by atoms with Crippen molar-refractivity contribution in [3.8, 4) is 5.75 Å². The number of benzene rings is 2. The van der Waals surface area contributed by atoms with Crippen molar-refractivity contribution >= 4 is 22.6 Å². The zero-order valence-corrected chi connectivity index (χ0v) is 15.7. The van der Waals surface area contributed by atoms with Gasteiger partial charge in [0.25, 0.3) is 0 Å². The van der Waals surface area contributed by atoms with Crippen LogP contribution in [-0.4, -0.2) is 35.7 Å². The molecule has 3 aromatic rings. The lowest BCUT2D eigenvalue weighted by Crippen LogP contribution is -2.44. The van der Waals surface area contributed by atoms with Crippen LogP contribution in [0.25, 0.3) is 10.9 Å². The van der Waals surface area contributed by atoms with E-state index in [2.05, 4.69) is 10.3 Å². The number of hydrogen-bond donors (Lipinski definition) is 2. The van der Waals surface area contributed by atoms with Gasteiger partial charge in [0.15, 0.2) is 6.04 Å². The van der Waals surface area contributed by atoms with E-state index in [-0.39, 0.29) is 12.2 Å². The van der Waals surface area contributed by atoms with Crippen LogP contribution in [0.15, 0.2) is 48.5 Å². The molecule has 0 spiro atoms. The Kier molecular flexibility index (Phi) is 4.86. The molecule has 2 amide bonds. The van der Waals surface area contributed by atoms with E-state index in [1.165, 1.54) is 7.11 Å². The number of nitrogens with zero attached hydrogens (tertiary/aromatic N) is 1. The van der Waals surface area contributed by atoms with Crippen LogP contribution in [0.3, 0.4) is 0 Å². The van der Waals surface area contributed by atoms with E-state index in [4.69, 9.17) is 4.74 Å². The standard InChI is InChI=1S/C21H20F3N3O2/c1-29-14-7-4-6-13(12-14)25-20(28)27-11-5-9-16-15-8-2-3-10-17(15)26-18(16)19(27)21(22,23)24/h2-4,6-8,10,12,19,26H,5,9,11H2,1H3,(H,25,28). The summed E-state index contributed by atoms with van der Waals surface area (Å²) in [6.07, 6.45) is -3.71. The van der Waals surface area contributed by atoms with Crippen LogP contribution in [0, 0.1) is 0 Å². The third kappa shape index (κ3) is 3.62. The lowest BCUT2D eigenvalue weighted by atomic mass is 10.0. The number of H-pyrrole nitrogens is 1. The highest BCUT2D eigenvalue weighted by molar-refractivity contribution is 5.91. The molecule has 29 heavy (non-hydrogen) atoms. The fourth-order valence-electron chi connectivity index (χ4n) is 3.89. The molecule has 4 rings (SSSR count). The van der Waals surface area contributed by atoms with Crippen LogP contribution in [-0.2, 0) is 6.42 Å². The van der Waals surface area contributed by atoms with Gasteiger partial charge in [-0.25, -0.2) is 4.79 Å². The molecule has 1 unspecified atom stereocenters. The largest absolute Gasteiger partial charge is 0.497 e. The number of methoxy groups -OCH3 is 1. The van der Waals surface area contributed by atoms with Crippen molar-refractivity contribution in [2.24, 2.45) is 0 Å². The summed E-state index contributed by atoms with van der Waals surface area (Å²) in [5.74, 6) is 0.504. The van der Waals surface area contributed by atoms with E-state index in [1.54, 1.807) is 42.5 Å². The molecule has 0 saturated carbocycles. The van der Waals surface area contributed by atoms with Crippen LogP contribution < -0.4 is 10.1 Å². The normalized spacial score (nSPS) is 17.0. The molecule has 152 valence electrons. The molecule has 0 fully saturated rings. The zero-order valence-electron chi connectivity index (χ0n) is 15.7. The summed E-state index contributed by atoms with van der Waals surface area (Å²) < 4.78 is 47.5. The first-order valence-corrected chi connectivity index (χ1v) is 9.26. The van der Waals surface area contributed by atoms with Gasteiger partial charge in [0.05, 0.1) is 12.8 Å². The van der Waals surface area contributed by atoms with Crippen molar-refractivity contribution in [1.29, 1.82) is 0 Å². The number of fused-ring (bicyclic) bond motifs is 3. The fraction of sp³-hybridized carbons (Fsp3) is 0.286. The quantitative estimate of drug-likeness (QED) is 0.613. The van der Waals surface area contributed by atoms with E-state index >= 15 is 0 Å². The Morgan fingerprint density at radius 3 is 2.76 bits per heavy atom. The minimum Gasteiger partial charge on any atom is -0.497 e. The van der Waals surface area contributed by atoms with Crippen molar-refractivity contribution in [2.45, 2.75) is 25.1 Å². The van der Waals surface area contributed by atoms with Gasteiger partial charge in [0.2, 0.25) is 0 Å². The second kappa shape index (κ2) is 7.35. The second-order valence-corrected chi connectivity index (χ2v) is 6.97. The van der Waals surface area contributed by atoms with Crippen LogP contribution in [0.4, 0.5) is 23.7 Å². The molecule has 1 aliphatic heterocycles. The molecular formula is C21H20F3N3O2. The van der Waals surface area contributed by atoms with Crippen molar-refractivity contribution in [2.75, 3.05) is 19.0 Å². The number of carbonyl (C=O) groups excluding carboxylic acids is 1. The highest BCUT2D eigenvalue weighted by Crippen LogP contribution is 2.43. The van der Waals surface area contributed by atoms with Gasteiger partial charge in [-0.2, -0.15) is 13.2 Å². The highest BCUT2D eigenvalue weighted by Gasteiger charge is 2.49. The summed E-state index contributed by atoms with van der Waals surface area (Å²) in [4.78, 5) is 16.6. The predicted molar refractivity (Wildman–Crippen MR) is 104 cm³/mol. The van der Waals surface area contributed by atoms with Gasteiger partial charge in [-0.15, -0.1) is 0 Å². The van der Waals surface area contributed by atoms with E-state index in [9.17, 15) is 18.0 Å². The molecule has 5 nitrogen and oxygen atoms in total. The minimum atomic E-state index is -4.62. The summed E-state index contributed by atoms with van der Waals surface area (Å²) in [5, 5.41) is 3.34. The number of para-hydroxylation sites is 1. The number of anilines is 1. The number of carbonyl (C=O) groups is 1. The zero-order chi connectivity index (χ0) is 20.6. The maximum Gasteiger partial charge on any atom is 0.414 e. The van der Waals surface area contributed by atoms with Crippen molar-refractivity contribution in [1.82, 2.24) is 9.88 Å². The summed E-state index contributed by atoms with van der Waals surface area (Å²) in [6, 6.07) is 10.8. The molecule has 1 aromatic heterocycles. The SMILES string of the molecule is COc1cccc(NC(=O)N2CCCc3c([nH]c4ccccc34)C2C(F)(F)F)c1. The Bertz CT molecular complexity index is 1050. The summed E-state index contributed by atoms with van der Waals surface area (Å²) in [7, 11) is 1.48. The van der Waals surface area contributed by atoms with Gasteiger partial charge in [-0.05, 0) is 36.6 Å². The Labute approximate surface area is 165 Å². The molecule has 2 aromatic carbocycles. The third-order valence-electron chi connectivity index (χ3n) is 5.15. The molecule has 1 atom stereocenters. The number of aryl methyl sites for hydroxylation is 1. The lowest BCUT2D eigenvalue weighted by molar-refractivity contribution is -0.178. The Hall–Kier alpha value is -3.16. The lowest BCUT2D eigenvalue weighted by Gasteiger charge is -2.31. The van der Waals surface area contributed by atoms with Crippen LogP contribution in [0.5, 0.6) is 5.75 Å². The maximum absolute atomic E-state index is 14.1. The molecule has 2 heterocycles. The number of aromatic amines is 1. The maximum atomic E-state index is 14.1. The number of ether oxygens (including phenoxy) is 1. The number of nitrogens with one attached hydrogen (secondary N) is 2. The van der Waals surface area contributed by atoms with E-state index in [1.807, 2.05) is 6.07 Å². The van der Waals surface area contributed by atoms with Crippen LogP contribution in [0.1, 0.15) is 23.7 Å². The van der Waals surface area contributed by atoms with Gasteiger partial charge >= 0.3 is 12.2 Å². The first-order chi connectivity index (χ1) is 13.9. The van der Waals surface area contributed by atoms with Gasteiger partial charge in [-0.3, -0.25) is 0 Å². The van der Waals surface area contributed by atoms with Gasteiger partial charge < -0.3 is 19.9 Å². The number of urea groups is 1. The van der Waals surface area contributed by atoms with E-state index in [0.717, 1.165) is 10.3 Å². The van der Waals surface area contributed by atoms with Gasteiger partial charge in [-0.1, -0.05) is 24.3 Å². The molecule has 2 N–H and O–H groups in total. The summed E-state index contributed by atoms with van der Waals surface area (Å²) in [5.41, 5.74) is 1.68. The van der Waals surface area contributed by atoms with E-state index in [0.29, 0.717) is 35.4 Å². The monoisotopic (exact) mass is 403 g/mol. The third-order valence-corrected chi connectivity index (χ3v) is 5.15. The molecule has 0 bridgehead atoms. The first-order valence-electron chi connectivity index (χ1n) is 9.26. The van der Waals surface area contributed by atoms with Crippen molar-refractivity contribution in [3.05, 3.63) is 59.8 Å². The predicted octanol–water partition coefficient (Wildman–Crippen LogP) is 5.26. The Balaban J connectivity index is 1.72. The number of alkyl halides is 3. The average Bonchev–Trinajstić information content (AvgIpc) is 2.92. The summed E-state index contributed by atoms with van der Waals surface area (Å²) in [6.45, 7) is -0.00315. The first kappa shape index (κ1) is 19.2. The number of rotatable bonds is 2. The van der Waals surface area contributed by atoms with E-state index < -0.39 is 18.2 Å². The molecule has 1 aliphatic rings. The molecule has 0 saturated heterocycles. The number of amides is 2. The average molecular weight is 403 g/mol. The number of aromatic nitrogens is 1. The molecule has 0 aliphatic carbocycles. The second-order valence-electron chi connectivity index (χ2n) is 6.97. The van der Waals surface area contributed by atoms with Crippen molar-refractivity contribution < 1.29 is 22.7 Å².